The molecule has 0 aromatic rings. The minimum absolute atomic E-state index is 0.112. The second-order valence-corrected chi connectivity index (χ2v) is 2.84. The molecule has 0 heterocycles. The van der Waals surface area contributed by atoms with Gasteiger partial charge in [0.2, 0.25) is 0 Å². The van der Waals surface area contributed by atoms with Crippen LogP contribution in [-0.4, -0.2) is 56.1 Å². The third-order valence-electron chi connectivity index (χ3n) is 1.97. The van der Waals surface area contributed by atoms with Crippen molar-refractivity contribution >= 4 is 0 Å². The quantitative estimate of drug-likeness (QED) is 0.266. The van der Waals surface area contributed by atoms with Crippen molar-refractivity contribution in [2.45, 2.75) is 36.9 Å². The van der Waals surface area contributed by atoms with Crippen molar-refractivity contribution in [3.8, 4) is 0 Å². The third-order valence-corrected chi connectivity index (χ3v) is 1.97. The van der Waals surface area contributed by atoms with Crippen LogP contribution in [0, 0.1) is 0 Å². The lowest BCUT2D eigenvalue weighted by molar-refractivity contribution is -0.176. The summed E-state index contributed by atoms with van der Waals surface area (Å²) in [6.07, 6.45) is -6.64. The van der Waals surface area contributed by atoms with Gasteiger partial charge in [-0.15, -0.1) is 0 Å². The third kappa shape index (κ3) is 1.52. The standard InChI is InChI=1S/C6H12O5/c7-2-1-3(8)5(10)6(11)4(2)9/h2-11H,1H2/t2-,3?,4?,5?,6?/m0/s1. The summed E-state index contributed by atoms with van der Waals surface area (Å²) in [4.78, 5) is 0. The predicted octanol–water partition coefficient (Wildman–Crippen LogP) is -2.81. The van der Waals surface area contributed by atoms with Crippen LogP contribution in [0.25, 0.3) is 0 Å². The smallest absolute Gasteiger partial charge is 0.111 e. The molecule has 0 radical (unpaired) electrons. The van der Waals surface area contributed by atoms with E-state index in [1.165, 1.54) is 0 Å². The molecular formula is C6H12O5. The van der Waals surface area contributed by atoms with E-state index in [9.17, 15) is 0 Å². The second-order valence-electron chi connectivity index (χ2n) is 2.84. The molecule has 0 aromatic heterocycles. The van der Waals surface area contributed by atoms with Gasteiger partial charge < -0.3 is 25.5 Å². The Balaban J connectivity index is 2.63. The Kier molecular flexibility index (Phi) is 2.46. The average molecular weight is 164 g/mol. The largest absolute Gasteiger partial charge is 0.390 e. The van der Waals surface area contributed by atoms with Crippen molar-refractivity contribution in [1.29, 1.82) is 0 Å². The van der Waals surface area contributed by atoms with Gasteiger partial charge in [0.05, 0.1) is 12.2 Å². The molecule has 5 nitrogen and oxygen atoms in total. The molecule has 5 atom stereocenters. The number of hydrogen-bond acceptors (Lipinski definition) is 5. The molecule has 0 amide bonds. The molecule has 0 bridgehead atoms. The minimum atomic E-state index is -1.46. The molecular weight excluding hydrogens is 152 g/mol. The van der Waals surface area contributed by atoms with Crippen LogP contribution in [0.2, 0.25) is 0 Å². The molecule has 0 aromatic carbocycles. The lowest BCUT2D eigenvalue weighted by Gasteiger charge is -2.35. The van der Waals surface area contributed by atoms with E-state index in [1.807, 2.05) is 0 Å². The normalized spacial score (nSPS) is 52.6. The first-order valence-electron chi connectivity index (χ1n) is 3.44. The maximum absolute atomic E-state index is 8.97. The highest BCUT2D eigenvalue weighted by atomic mass is 16.4. The number of aliphatic hydroxyl groups excluding tert-OH is 5. The van der Waals surface area contributed by atoms with Gasteiger partial charge in [0.15, 0.2) is 0 Å². The summed E-state index contributed by atoms with van der Waals surface area (Å²) >= 11 is 0. The summed E-state index contributed by atoms with van der Waals surface area (Å²) in [5.74, 6) is 0. The van der Waals surface area contributed by atoms with Crippen LogP contribution in [0.1, 0.15) is 6.42 Å². The van der Waals surface area contributed by atoms with Crippen LogP contribution in [0.15, 0.2) is 0 Å². The predicted molar refractivity (Wildman–Crippen MR) is 34.7 cm³/mol. The van der Waals surface area contributed by atoms with E-state index in [0.717, 1.165) is 0 Å². The molecule has 0 spiro atoms. The Labute approximate surface area is 63.5 Å². The SMILES string of the molecule is OC1C[C@H](O)C(O)C(O)C1O. The van der Waals surface area contributed by atoms with E-state index >= 15 is 0 Å². The van der Waals surface area contributed by atoms with Crippen molar-refractivity contribution in [2.24, 2.45) is 0 Å². The first kappa shape index (κ1) is 8.89. The summed E-state index contributed by atoms with van der Waals surface area (Å²) in [5.41, 5.74) is 0. The topological polar surface area (TPSA) is 101 Å². The van der Waals surface area contributed by atoms with Crippen molar-refractivity contribution in [3.63, 3.8) is 0 Å². The molecule has 1 rings (SSSR count). The van der Waals surface area contributed by atoms with E-state index < -0.39 is 30.5 Å². The zero-order chi connectivity index (χ0) is 8.59. The number of hydrogen-bond donors (Lipinski definition) is 5. The maximum Gasteiger partial charge on any atom is 0.111 e. The summed E-state index contributed by atoms with van der Waals surface area (Å²) in [6.45, 7) is 0. The van der Waals surface area contributed by atoms with Gasteiger partial charge in [-0.2, -0.15) is 0 Å². The summed E-state index contributed by atoms with van der Waals surface area (Å²) in [7, 11) is 0. The lowest BCUT2D eigenvalue weighted by atomic mass is 9.87. The van der Waals surface area contributed by atoms with Gasteiger partial charge in [-0.25, -0.2) is 0 Å². The highest BCUT2D eigenvalue weighted by Crippen LogP contribution is 2.20. The monoisotopic (exact) mass is 164 g/mol. The molecule has 1 saturated carbocycles. The average Bonchev–Trinajstić information content (AvgIpc) is 1.97. The van der Waals surface area contributed by atoms with E-state index in [2.05, 4.69) is 0 Å². The van der Waals surface area contributed by atoms with Crippen molar-refractivity contribution < 1.29 is 25.5 Å². The Bertz CT molecular complexity index is 125. The molecule has 11 heavy (non-hydrogen) atoms. The Morgan fingerprint density at radius 3 is 1.36 bits per heavy atom. The van der Waals surface area contributed by atoms with E-state index in [0.29, 0.717) is 0 Å². The van der Waals surface area contributed by atoms with Gasteiger partial charge in [-0.1, -0.05) is 0 Å². The number of aliphatic hydroxyl groups is 5. The number of rotatable bonds is 0. The fraction of sp³-hybridized carbons (Fsp3) is 1.00. The molecule has 66 valence electrons. The van der Waals surface area contributed by atoms with Gasteiger partial charge in [-0.05, 0) is 0 Å². The van der Waals surface area contributed by atoms with Crippen LogP contribution in [0.5, 0.6) is 0 Å². The van der Waals surface area contributed by atoms with Gasteiger partial charge in [0.1, 0.15) is 18.3 Å². The van der Waals surface area contributed by atoms with Crippen LogP contribution < -0.4 is 0 Å². The van der Waals surface area contributed by atoms with Crippen molar-refractivity contribution in [1.82, 2.24) is 0 Å². The molecule has 0 aliphatic heterocycles. The van der Waals surface area contributed by atoms with Crippen LogP contribution >= 0.6 is 0 Å². The fourth-order valence-corrected chi connectivity index (χ4v) is 1.18. The van der Waals surface area contributed by atoms with E-state index in [-0.39, 0.29) is 6.42 Å². The molecule has 4 unspecified atom stereocenters. The highest BCUT2D eigenvalue weighted by Gasteiger charge is 2.40. The van der Waals surface area contributed by atoms with Gasteiger partial charge >= 0.3 is 0 Å². The fourth-order valence-electron chi connectivity index (χ4n) is 1.18. The van der Waals surface area contributed by atoms with Crippen LogP contribution in [-0.2, 0) is 0 Å². The molecule has 5 heteroatoms. The minimum Gasteiger partial charge on any atom is -0.390 e. The van der Waals surface area contributed by atoms with Crippen LogP contribution in [0.4, 0.5) is 0 Å². The first-order valence-corrected chi connectivity index (χ1v) is 3.44. The van der Waals surface area contributed by atoms with Crippen molar-refractivity contribution in [3.05, 3.63) is 0 Å². The maximum atomic E-state index is 8.97. The summed E-state index contributed by atoms with van der Waals surface area (Å²) in [6, 6.07) is 0. The van der Waals surface area contributed by atoms with Crippen LogP contribution in [0.3, 0.4) is 0 Å². The lowest BCUT2D eigenvalue weighted by Crippen LogP contribution is -2.55. The molecule has 5 N–H and O–H groups in total. The highest BCUT2D eigenvalue weighted by molar-refractivity contribution is 4.92. The molecule has 1 aliphatic rings. The summed E-state index contributed by atoms with van der Waals surface area (Å²) < 4.78 is 0. The Morgan fingerprint density at radius 1 is 0.636 bits per heavy atom. The summed E-state index contributed by atoms with van der Waals surface area (Å²) in [5, 5.41) is 44.8. The van der Waals surface area contributed by atoms with Gasteiger partial charge in [-0.3, -0.25) is 0 Å². The van der Waals surface area contributed by atoms with Gasteiger partial charge in [0, 0.05) is 6.42 Å². The zero-order valence-electron chi connectivity index (χ0n) is 5.83. The van der Waals surface area contributed by atoms with E-state index in [1.54, 1.807) is 0 Å². The molecule has 0 saturated heterocycles. The van der Waals surface area contributed by atoms with E-state index in [4.69, 9.17) is 25.5 Å². The zero-order valence-corrected chi connectivity index (χ0v) is 5.83. The first-order chi connectivity index (χ1) is 5.04. The second kappa shape index (κ2) is 3.04. The molecule has 1 aliphatic carbocycles. The Morgan fingerprint density at radius 2 is 1.00 bits per heavy atom. The molecule has 1 fully saturated rings. The Hall–Kier alpha value is -0.200. The van der Waals surface area contributed by atoms with Crippen molar-refractivity contribution in [2.75, 3.05) is 0 Å². The van der Waals surface area contributed by atoms with Gasteiger partial charge in [0.25, 0.3) is 0 Å².